The Hall–Kier alpha value is -1.32. The average Bonchev–Trinajstić information content (AvgIpc) is 2.91. The van der Waals surface area contributed by atoms with E-state index in [1.807, 2.05) is 0 Å². The maximum atomic E-state index is 3.74. The summed E-state index contributed by atoms with van der Waals surface area (Å²) in [7, 11) is 0. The molecule has 110 valence electrons. The van der Waals surface area contributed by atoms with Crippen molar-refractivity contribution in [2.45, 2.75) is 33.0 Å². The van der Waals surface area contributed by atoms with Crippen LogP contribution in [0.2, 0.25) is 0 Å². The number of halogens is 1. The summed E-state index contributed by atoms with van der Waals surface area (Å²) in [6.07, 6.45) is 1.17. The van der Waals surface area contributed by atoms with Crippen LogP contribution in [0.25, 0.3) is 0 Å². The first kappa shape index (κ1) is 14.6. The first-order valence-corrected chi connectivity index (χ1v) is 8.38. The van der Waals surface area contributed by atoms with E-state index in [0.717, 1.165) is 26.2 Å². The summed E-state index contributed by atoms with van der Waals surface area (Å²) in [6.45, 7) is 6.20. The average molecular weight is 345 g/mol. The molecule has 1 N–H and O–H groups in total. The van der Waals surface area contributed by atoms with E-state index in [2.05, 4.69) is 75.5 Å². The summed E-state index contributed by atoms with van der Waals surface area (Å²) in [5.74, 6) is 0. The van der Waals surface area contributed by atoms with Gasteiger partial charge in [-0.15, -0.1) is 0 Å². The van der Waals surface area contributed by atoms with E-state index in [4.69, 9.17) is 0 Å². The fourth-order valence-electron chi connectivity index (χ4n) is 2.83. The Morgan fingerprint density at radius 2 is 1.81 bits per heavy atom. The highest BCUT2D eigenvalue weighted by atomic mass is 79.9. The van der Waals surface area contributed by atoms with E-state index in [-0.39, 0.29) is 0 Å². The third kappa shape index (κ3) is 3.30. The van der Waals surface area contributed by atoms with E-state index in [1.165, 1.54) is 33.3 Å². The third-order valence-electron chi connectivity index (χ3n) is 3.95. The minimum atomic E-state index is 0.937. The molecule has 0 aliphatic carbocycles. The minimum Gasteiger partial charge on any atom is -0.362 e. The smallest absolute Gasteiger partial charge is 0.0516 e. The predicted molar refractivity (Wildman–Crippen MR) is 92.5 cm³/mol. The Balaban J connectivity index is 1.72. The van der Waals surface area contributed by atoms with Crippen molar-refractivity contribution in [1.82, 2.24) is 5.32 Å². The van der Waals surface area contributed by atoms with Gasteiger partial charge in [0.2, 0.25) is 0 Å². The van der Waals surface area contributed by atoms with Crippen molar-refractivity contribution in [2.24, 2.45) is 0 Å². The summed E-state index contributed by atoms with van der Waals surface area (Å²) >= 11 is 3.74. The lowest BCUT2D eigenvalue weighted by Crippen LogP contribution is -2.16. The van der Waals surface area contributed by atoms with Crippen LogP contribution >= 0.6 is 15.9 Å². The standard InChI is InChI=1S/C18H21BrN2/c1-2-9-20-11-14-7-8-18(17(19)10-14)21-12-15-5-3-4-6-16(15)13-21/h3-8,10,20H,2,9,11-13H2,1H3. The molecule has 0 fully saturated rings. The lowest BCUT2D eigenvalue weighted by Gasteiger charge is -2.20. The van der Waals surface area contributed by atoms with Crippen molar-refractivity contribution in [3.63, 3.8) is 0 Å². The van der Waals surface area contributed by atoms with Gasteiger partial charge in [0.15, 0.2) is 0 Å². The molecule has 3 rings (SSSR count). The number of fused-ring (bicyclic) bond motifs is 1. The van der Waals surface area contributed by atoms with E-state index < -0.39 is 0 Å². The van der Waals surface area contributed by atoms with Crippen LogP contribution in [0, 0.1) is 0 Å². The van der Waals surface area contributed by atoms with Gasteiger partial charge < -0.3 is 10.2 Å². The fraction of sp³-hybridized carbons (Fsp3) is 0.333. The molecule has 0 amide bonds. The van der Waals surface area contributed by atoms with Gasteiger partial charge in [-0.3, -0.25) is 0 Å². The zero-order chi connectivity index (χ0) is 14.7. The number of nitrogens with one attached hydrogen (secondary N) is 1. The second kappa shape index (κ2) is 6.63. The van der Waals surface area contributed by atoms with Crippen LogP contribution < -0.4 is 10.2 Å². The van der Waals surface area contributed by atoms with Crippen molar-refractivity contribution in [1.29, 1.82) is 0 Å². The Bertz CT molecular complexity index is 599. The van der Waals surface area contributed by atoms with Gasteiger partial charge in [0.1, 0.15) is 0 Å². The van der Waals surface area contributed by atoms with Crippen LogP contribution in [-0.4, -0.2) is 6.54 Å². The molecule has 1 aliphatic heterocycles. The van der Waals surface area contributed by atoms with Crippen LogP contribution in [-0.2, 0) is 19.6 Å². The molecule has 3 heteroatoms. The monoisotopic (exact) mass is 344 g/mol. The van der Waals surface area contributed by atoms with Crippen LogP contribution in [0.3, 0.4) is 0 Å². The Kier molecular flexibility index (Phi) is 4.61. The molecule has 0 unspecified atom stereocenters. The van der Waals surface area contributed by atoms with Crippen LogP contribution in [0.5, 0.6) is 0 Å². The zero-order valence-electron chi connectivity index (χ0n) is 12.4. The van der Waals surface area contributed by atoms with Crippen LogP contribution in [0.15, 0.2) is 46.9 Å². The van der Waals surface area contributed by atoms with E-state index in [9.17, 15) is 0 Å². The number of hydrogen-bond acceptors (Lipinski definition) is 2. The second-order valence-electron chi connectivity index (χ2n) is 5.59. The first-order chi connectivity index (χ1) is 10.3. The quantitative estimate of drug-likeness (QED) is 0.805. The van der Waals surface area contributed by atoms with Gasteiger partial charge in [-0.25, -0.2) is 0 Å². The molecule has 1 aliphatic rings. The number of nitrogens with zero attached hydrogens (tertiary/aromatic N) is 1. The molecule has 0 atom stereocenters. The van der Waals surface area contributed by atoms with Crippen molar-refractivity contribution in [3.05, 3.63) is 63.6 Å². The van der Waals surface area contributed by atoms with E-state index in [1.54, 1.807) is 0 Å². The van der Waals surface area contributed by atoms with Crippen LogP contribution in [0.4, 0.5) is 5.69 Å². The highest BCUT2D eigenvalue weighted by Gasteiger charge is 2.20. The van der Waals surface area contributed by atoms with Gasteiger partial charge >= 0.3 is 0 Å². The van der Waals surface area contributed by atoms with Crippen molar-refractivity contribution >= 4 is 21.6 Å². The summed E-state index contributed by atoms with van der Waals surface area (Å²) in [6, 6.07) is 15.4. The maximum absolute atomic E-state index is 3.74. The zero-order valence-corrected chi connectivity index (χ0v) is 14.0. The molecule has 2 nitrogen and oxygen atoms in total. The maximum Gasteiger partial charge on any atom is 0.0516 e. The molecular formula is C18H21BrN2. The Labute approximate surface area is 135 Å². The van der Waals surface area contributed by atoms with Crippen LogP contribution in [0.1, 0.15) is 30.0 Å². The first-order valence-electron chi connectivity index (χ1n) is 7.59. The summed E-state index contributed by atoms with van der Waals surface area (Å²) in [5, 5.41) is 3.45. The molecule has 0 saturated heterocycles. The van der Waals surface area contributed by atoms with Gasteiger partial charge in [0.05, 0.1) is 5.69 Å². The molecule has 2 aromatic carbocycles. The predicted octanol–water partition coefficient (Wildman–Crippen LogP) is 4.47. The normalized spacial score (nSPS) is 13.5. The van der Waals surface area contributed by atoms with Crippen molar-refractivity contribution in [2.75, 3.05) is 11.4 Å². The molecule has 1 heterocycles. The summed E-state index contributed by atoms with van der Waals surface area (Å²) in [4.78, 5) is 2.43. The second-order valence-corrected chi connectivity index (χ2v) is 6.44. The topological polar surface area (TPSA) is 15.3 Å². The summed E-state index contributed by atoms with van der Waals surface area (Å²) in [5.41, 5.74) is 5.50. The number of anilines is 1. The third-order valence-corrected chi connectivity index (χ3v) is 4.58. The lowest BCUT2D eigenvalue weighted by atomic mass is 10.1. The highest BCUT2D eigenvalue weighted by Crippen LogP contribution is 2.33. The van der Waals surface area contributed by atoms with Gasteiger partial charge in [-0.05, 0) is 57.7 Å². The van der Waals surface area contributed by atoms with Gasteiger partial charge in [-0.2, -0.15) is 0 Å². The SMILES string of the molecule is CCCNCc1ccc(N2Cc3ccccc3C2)c(Br)c1. The highest BCUT2D eigenvalue weighted by molar-refractivity contribution is 9.10. The fourth-order valence-corrected chi connectivity index (χ4v) is 3.51. The van der Waals surface area contributed by atoms with E-state index in [0.29, 0.717) is 0 Å². The molecule has 0 radical (unpaired) electrons. The molecule has 21 heavy (non-hydrogen) atoms. The van der Waals surface area contributed by atoms with Crippen molar-refractivity contribution in [3.8, 4) is 0 Å². The molecule has 0 bridgehead atoms. The minimum absolute atomic E-state index is 0.937. The molecular weight excluding hydrogens is 324 g/mol. The number of hydrogen-bond donors (Lipinski definition) is 1. The Morgan fingerprint density at radius 1 is 1.10 bits per heavy atom. The molecule has 0 spiro atoms. The van der Waals surface area contributed by atoms with Gasteiger partial charge in [0.25, 0.3) is 0 Å². The van der Waals surface area contributed by atoms with Crippen molar-refractivity contribution < 1.29 is 0 Å². The largest absolute Gasteiger partial charge is 0.362 e. The van der Waals surface area contributed by atoms with Gasteiger partial charge in [-0.1, -0.05) is 37.3 Å². The lowest BCUT2D eigenvalue weighted by molar-refractivity contribution is 0.675. The van der Waals surface area contributed by atoms with E-state index >= 15 is 0 Å². The Morgan fingerprint density at radius 3 is 2.43 bits per heavy atom. The molecule has 0 aromatic heterocycles. The number of benzene rings is 2. The summed E-state index contributed by atoms with van der Waals surface area (Å²) < 4.78 is 1.19. The number of rotatable bonds is 5. The van der Waals surface area contributed by atoms with Gasteiger partial charge in [0, 0.05) is 24.1 Å². The molecule has 0 saturated carbocycles. The molecule has 2 aromatic rings.